The number of hydrogen-bond acceptors (Lipinski definition) is 1. The van der Waals surface area contributed by atoms with Gasteiger partial charge in [-0.2, -0.15) is 0 Å². The molecule has 4 fully saturated rings. The number of rotatable bonds is 9. The summed E-state index contributed by atoms with van der Waals surface area (Å²) in [6, 6.07) is 17.1. The first-order chi connectivity index (χ1) is 25.6. The van der Waals surface area contributed by atoms with Crippen molar-refractivity contribution in [2.24, 2.45) is 11.8 Å². The van der Waals surface area contributed by atoms with E-state index in [1.165, 1.54) is 100 Å². The van der Waals surface area contributed by atoms with E-state index in [9.17, 15) is 0 Å². The van der Waals surface area contributed by atoms with Crippen LogP contribution in [0.3, 0.4) is 0 Å². The van der Waals surface area contributed by atoms with Crippen LogP contribution in [0.25, 0.3) is 0 Å². The quantitative estimate of drug-likeness (QED) is 0.229. The Labute approximate surface area is 352 Å². The van der Waals surface area contributed by atoms with Gasteiger partial charge >= 0.3 is 0 Å². The molecule has 314 valence electrons. The van der Waals surface area contributed by atoms with Crippen LogP contribution in [-0.4, -0.2) is 46.2 Å². The van der Waals surface area contributed by atoms with Gasteiger partial charge in [0.15, 0.2) is 0 Å². The van der Waals surface area contributed by atoms with Gasteiger partial charge in [-0.15, -0.1) is 0 Å². The maximum atomic E-state index is 5.50. The third-order valence-electron chi connectivity index (χ3n) is 15.9. The van der Waals surface area contributed by atoms with Crippen LogP contribution in [-0.2, 0) is 24.6 Å². The first kappa shape index (κ1) is 45.6. The van der Waals surface area contributed by atoms with E-state index < -0.39 is 0 Å². The predicted octanol–water partition coefficient (Wildman–Crippen LogP) is 17.1. The molecule has 0 aliphatic carbocycles. The molecule has 0 N–H and O–H groups in total. The van der Waals surface area contributed by atoms with Crippen LogP contribution in [0.15, 0.2) is 42.5 Å². The number of aromatic nitrogens is 1. The number of nitrogens with zero attached hydrogens (tertiary/aromatic N) is 1. The zero-order chi connectivity index (χ0) is 41.3. The van der Waals surface area contributed by atoms with Crippen molar-refractivity contribution in [2.75, 3.05) is 0 Å². The molecule has 0 saturated carbocycles. The maximum Gasteiger partial charge on any atom is 0.0450 e. The van der Waals surface area contributed by atoms with E-state index >= 15 is 0 Å². The third kappa shape index (κ3) is 9.90. The minimum absolute atomic E-state index is 0.0599. The first-order valence-corrected chi connectivity index (χ1v) is 28.9. The summed E-state index contributed by atoms with van der Waals surface area (Å²) in [5.74, 6) is 1.64. The van der Waals surface area contributed by atoms with Crippen molar-refractivity contribution in [3.8, 4) is 0 Å². The second-order valence-corrected chi connectivity index (χ2v) is 38.7. The lowest BCUT2D eigenvalue weighted by Crippen LogP contribution is -2.47. The zero-order valence-corrected chi connectivity index (χ0v) is 42.9. The van der Waals surface area contributed by atoms with Gasteiger partial charge in [-0.25, -0.2) is 0 Å². The molecule has 0 amide bonds. The summed E-state index contributed by atoms with van der Waals surface area (Å²) in [5, 5.41) is 3.34. The van der Waals surface area contributed by atoms with Crippen LogP contribution in [0.2, 0.25) is 0 Å². The van der Waals surface area contributed by atoms with Crippen molar-refractivity contribution in [2.45, 2.75) is 241 Å². The molecule has 6 rings (SSSR count). The molecule has 4 aliphatic heterocycles. The van der Waals surface area contributed by atoms with E-state index in [1.807, 2.05) is 0 Å². The van der Waals surface area contributed by atoms with Crippen molar-refractivity contribution in [1.29, 1.82) is 0 Å². The summed E-state index contributed by atoms with van der Waals surface area (Å²) in [4.78, 5) is 5.50. The first-order valence-electron chi connectivity index (χ1n) is 22.8. The maximum absolute atomic E-state index is 5.50. The van der Waals surface area contributed by atoms with E-state index in [2.05, 4.69) is 153 Å². The zero-order valence-electron chi connectivity index (χ0n) is 39.3. The smallest absolute Gasteiger partial charge is 0.0450 e. The van der Waals surface area contributed by atoms with E-state index in [0.717, 1.165) is 11.8 Å². The van der Waals surface area contributed by atoms with Gasteiger partial charge in [-0.1, -0.05) is 186 Å². The molecule has 1 nitrogen and oxygen atoms in total. The highest BCUT2D eigenvalue weighted by molar-refractivity contribution is 7.61. The van der Waals surface area contributed by atoms with Gasteiger partial charge in [0.1, 0.15) is 0 Å². The van der Waals surface area contributed by atoms with Gasteiger partial charge in [0.05, 0.1) is 0 Å². The van der Waals surface area contributed by atoms with Crippen molar-refractivity contribution < 1.29 is 0 Å². The summed E-state index contributed by atoms with van der Waals surface area (Å²) in [5.41, 5.74) is 5.97. The van der Waals surface area contributed by atoms with Crippen LogP contribution < -0.4 is 0 Å². The molecule has 0 atom stereocenters. The molecule has 1 aromatic carbocycles. The molecule has 5 heterocycles. The van der Waals surface area contributed by atoms with Crippen LogP contribution in [0.5, 0.6) is 0 Å². The highest BCUT2D eigenvalue weighted by atomic mass is 31.1. The lowest BCUT2D eigenvalue weighted by molar-refractivity contribution is 0.180. The molecule has 0 unspecified atom stereocenters. The molecular formula is C51H85NP4. The topological polar surface area (TPSA) is 12.9 Å². The molecule has 4 saturated heterocycles. The van der Waals surface area contributed by atoms with Gasteiger partial charge in [-0.05, 0) is 140 Å². The normalized spacial score (nSPS) is 31.8. The predicted molar refractivity (Wildman–Crippen MR) is 259 cm³/mol. The lowest BCUT2D eigenvalue weighted by atomic mass is 9.72. The molecule has 0 bridgehead atoms. The van der Waals surface area contributed by atoms with Gasteiger partial charge in [0.2, 0.25) is 0 Å². The number of pyridine rings is 1. The summed E-state index contributed by atoms with van der Waals surface area (Å²) in [6.07, 6.45) is 18.9. The Kier molecular flexibility index (Phi) is 13.1. The van der Waals surface area contributed by atoms with E-state index in [-0.39, 0.29) is 31.7 Å². The van der Waals surface area contributed by atoms with Crippen molar-refractivity contribution in [3.63, 3.8) is 0 Å². The third-order valence-corrected chi connectivity index (χ3v) is 31.8. The Hall–Kier alpha value is 0.0900. The van der Waals surface area contributed by atoms with Crippen LogP contribution in [0, 0.1) is 11.8 Å². The monoisotopic (exact) mass is 836 g/mol. The molecule has 1 aromatic heterocycles. The molecule has 4 aliphatic rings. The van der Waals surface area contributed by atoms with Crippen molar-refractivity contribution in [3.05, 3.63) is 65.0 Å². The molecule has 2 aromatic rings. The van der Waals surface area contributed by atoms with E-state index in [4.69, 9.17) is 4.98 Å². The Morgan fingerprint density at radius 3 is 1.05 bits per heavy atom. The summed E-state index contributed by atoms with van der Waals surface area (Å²) < 4.78 is 0. The Morgan fingerprint density at radius 1 is 0.411 bits per heavy atom. The Morgan fingerprint density at radius 2 is 0.696 bits per heavy atom. The number of benzene rings is 1. The highest BCUT2D eigenvalue weighted by Gasteiger charge is 2.54. The Bertz CT molecular complexity index is 1490. The van der Waals surface area contributed by atoms with E-state index in [1.54, 1.807) is 11.1 Å². The van der Waals surface area contributed by atoms with Gasteiger partial charge in [0.25, 0.3) is 0 Å². The average Bonchev–Trinajstić information content (AvgIpc) is 3.04. The molecular weight excluding hydrogens is 750 g/mol. The number of hydrogen-bond donors (Lipinski definition) is 0. The standard InChI is InChI=1S/C51H85NP4/c1-44(2)25-19-26-45(3,4)53(44)34-38-21-17-22-39(29-38)35-54-48(9,10)30-40(31-49(54,11)12)41-32-50(13,14)56(51(15,16)33-41)37-43-24-18-23-42(52-43)36-55-46(5,6)27-20-28-47(55,7)8/h17-18,21-24,29,40-41H,19-20,25-28,30-37H2,1-16H3. The average molecular weight is 836 g/mol. The second-order valence-electron chi connectivity index (χ2n) is 24.3. The summed E-state index contributed by atoms with van der Waals surface area (Å²) in [6.45, 7) is 41.8. The fourth-order valence-corrected chi connectivity index (χ4v) is 29.1. The highest BCUT2D eigenvalue weighted by Crippen LogP contribution is 2.74. The molecule has 56 heavy (non-hydrogen) atoms. The molecule has 0 radical (unpaired) electrons. The summed E-state index contributed by atoms with van der Waals surface area (Å²) >= 11 is 0. The van der Waals surface area contributed by atoms with Crippen LogP contribution >= 0.6 is 31.7 Å². The van der Waals surface area contributed by atoms with Crippen molar-refractivity contribution in [1.82, 2.24) is 4.98 Å². The largest absolute Gasteiger partial charge is 0.257 e. The van der Waals surface area contributed by atoms with Gasteiger partial charge in [0, 0.05) is 23.7 Å². The van der Waals surface area contributed by atoms with Gasteiger partial charge in [-0.3, -0.25) is 4.98 Å². The van der Waals surface area contributed by atoms with Gasteiger partial charge < -0.3 is 0 Å². The fourth-order valence-electron chi connectivity index (χ4n) is 13.5. The molecule has 5 heteroatoms. The van der Waals surface area contributed by atoms with Crippen LogP contribution in [0.1, 0.15) is 198 Å². The van der Waals surface area contributed by atoms with Crippen LogP contribution in [0.4, 0.5) is 0 Å². The van der Waals surface area contributed by atoms with Crippen molar-refractivity contribution >= 4 is 31.7 Å². The minimum Gasteiger partial charge on any atom is -0.257 e. The SMILES string of the molecule is CC1(C)CCCC(C)(C)P1Cc1cccc(CP2C(C)(C)CC(C3CC(C)(C)P(Cc4cccc(CP5C(C)(C)CCCC5(C)C)n4)C(C)(C)C3)CC2(C)C)c1. The second kappa shape index (κ2) is 16.1. The minimum atomic E-state index is -0.216. The lowest BCUT2D eigenvalue weighted by Gasteiger charge is -2.59. The van der Waals surface area contributed by atoms with E-state index in [0.29, 0.717) is 41.2 Å². The Balaban J connectivity index is 1.13. The molecule has 0 spiro atoms. The fraction of sp³-hybridized carbons (Fsp3) is 0.784. The summed E-state index contributed by atoms with van der Waals surface area (Å²) in [7, 11) is -0.557.